The third-order valence-corrected chi connectivity index (χ3v) is 3.33. The number of aromatic nitrogens is 1. The lowest BCUT2D eigenvalue weighted by atomic mass is 10.2. The summed E-state index contributed by atoms with van der Waals surface area (Å²) in [5, 5.41) is 4.87. The number of anilines is 2. The van der Waals surface area contributed by atoms with Crippen LogP contribution in [-0.4, -0.2) is 25.0 Å². The molecule has 0 fully saturated rings. The van der Waals surface area contributed by atoms with Gasteiger partial charge in [0, 0.05) is 31.7 Å². The molecule has 0 radical (unpaired) electrons. The number of amides is 1. The van der Waals surface area contributed by atoms with Crippen LogP contribution < -0.4 is 16.0 Å². The fourth-order valence-corrected chi connectivity index (χ4v) is 2.12. The smallest absolute Gasteiger partial charge is 0.271 e. The molecule has 0 aliphatic heterocycles. The van der Waals surface area contributed by atoms with Crippen LogP contribution in [0.4, 0.5) is 10.8 Å². The number of benzene rings is 1. The van der Waals surface area contributed by atoms with Gasteiger partial charge in [-0.3, -0.25) is 4.79 Å². The normalized spacial score (nSPS) is 10.2. The van der Waals surface area contributed by atoms with Crippen LogP contribution in [-0.2, 0) is 6.54 Å². The molecule has 6 heteroatoms. The molecule has 0 unspecified atom stereocenters. The van der Waals surface area contributed by atoms with Crippen LogP contribution >= 0.6 is 11.3 Å². The summed E-state index contributed by atoms with van der Waals surface area (Å²) in [4.78, 5) is 17.7. The van der Waals surface area contributed by atoms with Crippen LogP contribution in [0.3, 0.4) is 0 Å². The van der Waals surface area contributed by atoms with Crippen molar-refractivity contribution in [3.05, 3.63) is 40.9 Å². The van der Waals surface area contributed by atoms with E-state index in [0.29, 0.717) is 17.4 Å². The highest BCUT2D eigenvalue weighted by Gasteiger charge is 2.08. The van der Waals surface area contributed by atoms with Crippen LogP contribution in [0.25, 0.3) is 0 Å². The summed E-state index contributed by atoms with van der Waals surface area (Å²) >= 11 is 1.26. The Hall–Kier alpha value is -2.08. The number of nitrogen functional groups attached to an aromatic ring is 1. The Labute approximate surface area is 116 Å². The van der Waals surface area contributed by atoms with Crippen molar-refractivity contribution >= 4 is 28.1 Å². The minimum absolute atomic E-state index is 0.204. The van der Waals surface area contributed by atoms with Crippen LogP contribution in [0.1, 0.15) is 16.1 Å². The molecule has 0 spiro atoms. The number of hydrogen-bond donors (Lipinski definition) is 2. The molecular weight excluding hydrogens is 260 g/mol. The quantitative estimate of drug-likeness (QED) is 0.892. The molecule has 0 atom stereocenters. The van der Waals surface area contributed by atoms with Gasteiger partial charge < -0.3 is 16.0 Å². The number of carbonyl (C=O) groups excluding carboxylic acids is 1. The van der Waals surface area contributed by atoms with E-state index in [1.54, 1.807) is 5.38 Å². The summed E-state index contributed by atoms with van der Waals surface area (Å²) < 4.78 is 0. The molecule has 0 aliphatic rings. The van der Waals surface area contributed by atoms with Crippen molar-refractivity contribution in [1.82, 2.24) is 10.3 Å². The average Bonchev–Trinajstić information content (AvgIpc) is 2.83. The van der Waals surface area contributed by atoms with Gasteiger partial charge in [0.2, 0.25) is 0 Å². The predicted octanol–water partition coefficient (Wildman–Crippen LogP) is 1.72. The van der Waals surface area contributed by atoms with Crippen LogP contribution in [0.2, 0.25) is 0 Å². The van der Waals surface area contributed by atoms with Gasteiger partial charge in [0.15, 0.2) is 5.13 Å². The number of nitrogens with two attached hydrogens (primary N) is 1. The number of thiazole rings is 1. The Morgan fingerprint density at radius 1 is 1.37 bits per heavy atom. The van der Waals surface area contributed by atoms with Gasteiger partial charge in [-0.25, -0.2) is 4.98 Å². The zero-order chi connectivity index (χ0) is 13.8. The van der Waals surface area contributed by atoms with E-state index in [0.717, 1.165) is 11.3 Å². The topological polar surface area (TPSA) is 71.2 Å². The molecule has 100 valence electrons. The molecule has 19 heavy (non-hydrogen) atoms. The highest BCUT2D eigenvalue weighted by molar-refractivity contribution is 7.13. The molecule has 0 bridgehead atoms. The Bertz CT molecular complexity index is 562. The fourth-order valence-electron chi connectivity index (χ4n) is 1.58. The summed E-state index contributed by atoms with van der Waals surface area (Å²) in [6.45, 7) is 0.476. The van der Waals surface area contributed by atoms with E-state index in [1.165, 1.54) is 11.3 Å². The first kappa shape index (κ1) is 13.4. The van der Waals surface area contributed by atoms with Gasteiger partial charge in [-0.15, -0.1) is 11.3 Å². The zero-order valence-corrected chi connectivity index (χ0v) is 11.7. The lowest BCUT2D eigenvalue weighted by Crippen LogP contribution is -2.23. The molecule has 1 heterocycles. The third kappa shape index (κ3) is 3.45. The van der Waals surface area contributed by atoms with Crippen LogP contribution in [0, 0.1) is 0 Å². The third-order valence-electron chi connectivity index (χ3n) is 2.66. The van der Waals surface area contributed by atoms with Gasteiger partial charge in [-0.05, 0) is 17.7 Å². The second kappa shape index (κ2) is 5.71. The number of carbonyl (C=O) groups is 1. The van der Waals surface area contributed by atoms with Crippen molar-refractivity contribution < 1.29 is 4.79 Å². The van der Waals surface area contributed by atoms with Gasteiger partial charge in [-0.2, -0.15) is 0 Å². The maximum absolute atomic E-state index is 11.8. The SMILES string of the molecule is CN(C)c1ccc(CNC(=O)c2csc(N)n2)cc1. The van der Waals surface area contributed by atoms with E-state index in [9.17, 15) is 4.79 Å². The minimum Gasteiger partial charge on any atom is -0.378 e. The molecule has 5 nitrogen and oxygen atoms in total. The van der Waals surface area contributed by atoms with E-state index < -0.39 is 0 Å². The minimum atomic E-state index is -0.204. The number of hydrogen-bond acceptors (Lipinski definition) is 5. The second-order valence-electron chi connectivity index (χ2n) is 4.31. The number of nitrogens with zero attached hydrogens (tertiary/aromatic N) is 2. The summed E-state index contributed by atoms with van der Waals surface area (Å²) in [5.74, 6) is -0.204. The molecule has 1 aromatic heterocycles. The monoisotopic (exact) mass is 276 g/mol. The van der Waals surface area contributed by atoms with Gasteiger partial charge in [0.25, 0.3) is 5.91 Å². The van der Waals surface area contributed by atoms with E-state index in [1.807, 2.05) is 43.3 Å². The van der Waals surface area contributed by atoms with Gasteiger partial charge in [0.1, 0.15) is 5.69 Å². The first-order chi connectivity index (χ1) is 9.06. The van der Waals surface area contributed by atoms with Gasteiger partial charge >= 0.3 is 0 Å². The van der Waals surface area contributed by atoms with Crippen molar-refractivity contribution in [2.75, 3.05) is 24.7 Å². The van der Waals surface area contributed by atoms with Gasteiger partial charge in [0.05, 0.1) is 0 Å². The Morgan fingerprint density at radius 2 is 2.05 bits per heavy atom. The lowest BCUT2D eigenvalue weighted by Gasteiger charge is -2.12. The second-order valence-corrected chi connectivity index (χ2v) is 5.20. The maximum atomic E-state index is 11.8. The maximum Gasteiger partial charge on any atom is 0.271 e. The lowest BCUT2D eigenvalue weighted by molar-refractivity contribution is 0.0946. The average molecular weight is 276 g/mol. The standard InChI is InChI=1S/C13H16N4OS/c1-17(2)10-5-3-9(4-6-10)7-15-12(18)11-8-19-13(14)16-11/h3-6,8H,7H2,1-2H3,(H2,14,16)(H,15,18). The Morgan fingerprint density at radius 3 is 2.58 bits per heavy atom. The number of rotatable bonds is 4. The summed E-state index contributed by atoms with van der Waals surface area (Å²) in [6.07, 6.45) is 0. The molecular formula is C13H16N4OS. The Balaban J connectivity index is 1.93. The molecule has 1 amide bonds. The van der Waals surface area contributed by atoms with E-state index >= 15 is 0 Å². The van der Waals surface area contributed by atoms with Crippen molar-refractivity contribution in [3.8, 4) is 0 Å². The predicted molar refractivity (Wildman–Crippen MR) is 78.5 cm³/mol. The van der Waals surface area contributed by atoms with E-state index in [2.05, 4.69) is 10.3 Å². The van der Waals surface area contributed by atoms with Crippen molar-refractivity contribution in [2.45, 2.75) is 6.54 Å². The molecule has 0 saturated heterocycles. The first-order valence-electron chi connectivity index (χ1n) is 5.82. The molecule has 1 aromatic carbocycles. The molecule has 2 aromatic rings. The zero-order valence-electron chi connectivity index (χ0n) is 10.9. The van der Waals surface area contributed by atoms with Crippen molar-refractivity contribution in [3.63, 3.8) is 0 Å². The first-order valence-corrected chi connectivity index (χ1v) is 6.69. The molecule has 3 N–H and O–H groups in total. The Kier molecular flexibility index (Phi) is 4.01. The van der Waals surface area contributed by atoms with Crippen LogP contribution in [0.15, 0.2) is 29.6 Å². The van der Waals surface area contributed by atoms with Crippen molar-refractivity contribution in [1.29, 1.82) is 0 Å². The fraction of sp³-hybridized carbons (Fsp3) is 0.231. The summed E-state index contributed by atoms with van der Waals surface area (Å²) in [6, 6.07) is 8.01. The molecule has 2 rings (SSSR count). The molecule has 0 saturated carbocycles. The van der Waals surface area contributed by atoms with Crippen LogP contribution in [0.5, 0.6) is 0 Å². The molecule has 0 aliphatic carbocycles. The van der Waals surface area contributed by atoms with Crippen molar-refractivity contribution in [2.24, 2.45) is 0 Å². The highest BCUT2D eigenvalue weighted by atomic mass is 32.1. The van der Waals surface area contributed by atoms with Gasteiger partial charge in [-0.1, -0.05) is 12.1 Å². The van der Waals surface area contributed by atoms with E-state index in [-0.39, 0.29) is 5.91 Å². The highest BCUT2D eigenvalue weighted by Crippen LogP contribution is 2.13. The largest absolute Gasteiger partial charge is 0.378 e. The summed E-state index contributed by atoms with van der Waals surface area (Å²) in [5.41, 5.74) is 8.03. The number of nitrogens with one attached hydrogen (secondary N) is 1. The van der Waals surface area contributed by atoms with E-state index in [4.69, 9.17) is 5.73 Å². The summed E-state index contributed by atoms with van der Waals surface area (Å²) in [7, 11) is 3.98.